The van der Waals surface area contributed by atoms with Gasteiger partial charge in [-0.25, -0.2) is 0 Å². The van der Waals surface area contributed by atoms with E-state index in [0.29, 0.717) is 13.1 Å². The maximum atomic E-state index is 12.2. The van der Waals surface area contributed by atoms with E-state index in [1.165, 1.54) is 5.69 Å². The summed E-state index contributed by atoms with van der Waals surface area (Å²) in [6.07, 6.45) is 0. The molecule has 0 radical (unpaired) electrons. The van der Waals surface area contributed by atoms with Crippen molar-refractivity contribution >= 4 is 11.6 Å². The maximum absolute atomic E-state index is 12.2. The lowest BCUT2D eigenvalue weighted by Gasteiger charge is -2.35. The molecule has 0 aromatic heterocycles. The number of carbonyl (C=O) groups excluding carboxylic acids is 1. The van der Waals surface area contributed by atoms with Crippen LogP contribution in [0.1, 0.15) is 0 Å². The summed E-state index contributed by atoms with van der Waals surface area (Å²) >= 11 is 0. The summed E-state index contributed by atoms with van der Waals surface area (Å²) in [6.45, 7) is 9.31. The van der Waals surface area contributed by atoms with Crippen molar-refractivity contribution in [3.8, 4) is 5.75 Å². The van der Waals surface area contributed by atoms with Crippen LogP contribution in [0.3, 0.4) is 0 Å². The average Bonchev–Trinajstić information content (AvgIpc) is 2.69. The van der Waals surface area contributed by atoms with Crippen molar-refractivity contribution in [2.24, 2.45) is 0 Å². The summed E-state index contributed by atoms with van der Waals surface area (Å²) in [5, 5.41) is 3.04. The third kappa shape index (κ3) is 5.59. The van der Waals surface area contributed by atoms with E-state index < -0.39 is 0 Å². The van der Waals surface area contributed by atoms with E-state index in [-0.39, 0.29) is 5.91 Å². The summed E-state index contributed by atoms with van der Waals surface area (Å²) in [7, 11) is 1.68. The van der Waals surface area contributed by atoms with Gasteiger partial charge in [0.15, 0.2) is 0 Å². The van der Waals surface area contributed by atoms with Crippen LogP contribution >= 0.6 is 0 Å². The summed E-state index contributed by atoms with van der Waals surface area (Å²) < 4.78 is 10.5. The molecule has 2 aliphatic heterocycles. The molecule has 0 spiro atoms. The summed E-state index contributed by atoms with van der Waals surface area (Å²) in [5.41, 5.74) is 1.21. The predicted octanol–water partition coefficient (Wildman–Crippen LogP) is 0.266. The first-order chi connectivity index (χ1) is 12.7. The van der Waals surface area contributed by atoms with Gasteiger partial charge in [-0.15, -0.1) is 0 Å². The van der Waals surface area contributed by atoms with E-state index in [2.05, 4.69) is 32.1 Å². The fourth-order valence-electron chi connectivity index (χ4n) is 3.39. The topological polar surface area (TPSA) is 57.3 Å². The first-order valence-electron chi connectivity index (χ1n) is 9.43. The normalized spacial score (nSPS) is 19.3. The highest BCUT2D eigenvalue weighted by atomic mass is 16.5. The van der Waals surface area contributed by atoms with E-state index >= 15 is 0 Å². The van der Waals surface area contributed by atoms with Crippen LogP contribution in [0.25, 0.3) is 0 Å². The van der Waals surface area contributed by atoms with Crippen LogP contribution in [0.15, 0.2) is 24.3 Å². The number of nitrogens with one attached hydrogen (secondary N) is 1. The number of methoxy groups -OCH3 is 1. The highest BCUT2D eigenvalue weighted by Crippen LogP contribution is 2.20. The molecule has 1 aromatic rings. The molecule has 0 atom stereocenters. The molecule has 0 unspecified atom stereocenters. The van der Waals surface area contributed by atoms with Crippen molar-refractivity contribution in [1.29, 1.82) is 0 Å². The summed E-state index contributed by atoms with van der Waals surface area (Å²) in [4.78, 5) is 19.1. The lowest BCUT2D eigenvalue weighted by atomic mass is 10.2. The van der Waals surface area contributed by atoms with Crippen molar-refractivity contribution < 1.29 is 14.3 Å². The smallest absolute Gasteiger partial charge is 0.234 e. The zero-order chi connectivity index (χ0) is 18.2. The number of carbonyl (C=O) groups is 1. The first kappa shape index (κ1) is 18.9. The zero-order valence-electron chi connectivity index (χ0n) is 15.7. The van der Waals surface area contributed by atoms with E-state index in [1.54, 1.807) is 7.11 Å². The Balaban J connectivity index is 1.33. The number of hydrogen-bond donors (Lipinski definition) is 1. The van der Waals surface area contributed by atoms with Gasteiger partial charge in [0.25, 0.3) is 0 Å². The Labute approximate surface area is 155 Å². The molecular formula is C19H30N4O3. The number of anilines is 1. The second-order valence-electron chi connectivity index (χ2n) is 6.77. The van der Waals surface area contributed by atoms with Crippen molar-refractivity contribution in [2.45, 2.75) is 0 Å². The Morgan fingerprint density at radius 1 is 1.04 bits per heavy atom. The SMILES string of the molecule is COc1ccc(N2CCN(CC(=O)NCCN3CCOCC3)CC2)cc1. The number of ether oxygens (including phenoxy) is 2. The highest BCUT2D eigenvalue weighted by molar-refractivity contribution is 5.78. The van der Waals surface area contributed by atoms with E-state index in [1.807, 2.05) is 12.1 Å². The molecule has 2 aliphatic rings. The van der Waals surface area contributed by atoms with Crippen LogP contribution in [0.5, 0.6) is 5.75 Å². The number of benzene rings is 1. The third-order valence-corrected chi connectivity index (χ3v) is 5.03. The third-order valence-electron chi connectivity index (χ3n) is 5.03. The van der Waals surface area contributed by atoms with Crippen molar-refractivity contribution in [2.75, 3.05) is 84.1 Å². The molecule has 1 aromatic carbocycles. The van der Waals surface area contributed by atoms with Gasteiger partial charge in [0, 0.05) is 58.0 Å². The number of amides is 1. The van der Waals surface area contributed by atoms with E-state index in [4.69, 9.17) is 9.47 Å². The van der Waals surface area contributed by atoms with Gasteiger partial charge in [-0.2, -0.15) is 0 Å². The Bertz CT molecular complexity index is 552. The number of hydrogen-bond acceptors (Lipinski definition) is 6. The molecule has 3 rings (SSSR count). The number of nitrogens with zero attached hydrogens (tertiary/aromatic N) is 3. The molecule has 2 fully saturated rings. The van der Waals surface area contributed by atoms with Crippen LogP contribution in [-0.4, -0.2) is 94.9 Å². The summed E-state index contributed by atoms with van der Waals surface area (Å²) in [5.74, 6) is 0.997. The Kier molecular flexibility index (Phi) is 7.11. The van der Waals surface area contributed by atoms with Gasteiger partial charge in [0.2, 0.25) is 5.91 Å². The molecule has 1 N–H and O–H groups in total. The molecule has 0 bridgehead atoms. The lowest BCUT2D eigenvalue weighted by molar-refractivity contribution is -0.122. The second kappa shape index (κ2) is 9.75. The van der Waals surface area contributed by atoms with Crippen LogP contribution < -0.4 is 15.0 Å². The quantitative estimate of drug-likeness (QED) is 0.751. The summed E-state index contributed by atoms with van der Waals surface area (Å²) in [6, 6.07) is 8.16. The van der Waals surface area contributed by atoms with E-state index in [9.17, 15) is 4.79 Å². The standard InChI is InChI=1S/C19H30N4O3/c1-25-18-4-2-17(3-5-18)23-10-8-22(9-11-23)16-19(24)20-6-7-21-12-14-26-15-13-21/h2-5H,6-16H2,1H3,(H,20,24). The van der Waals surface area contributed by atoms with Crippen LogP contribution in [0, 0.1) is 0 Å². The Hall–Kier alpha value is -1.83. The molecule has 144 valence electrons. The molecule has 26 heavy (non-hydrogen) atoms. The van der Waals surface area contributed by atoms with Gasteiger partial charge in [-0.3, -0.25) is 14.6 Å². The Morgan fingerprint density at radius 2 is 1.73 bits per heavy atom. The minimum atomic E-state index is 0.121. The minimum Gasteiger partial charge on any atom is -0.497 e. The molecule has 2 heterocycles. The zero-order valence-corrected chi connectivity index (χ0v) is 15.7. The van der Waals surface area contributed by atoms with Gasteiger partial charge in [-0.1, -0.05) is 0 Å². The fraction of sp³-hybridized carbons (Fsp3) is 0.632. The first-order valence-corrected chi connectivity index (χ1v) is 9.43. The van der Waals surface area contributed by atoms with Crippen LogP contribution in [-0.2, 0) is 9.53 Å². The number of morpholine rings is 1. The van der Waals surface area contributed by atoms with Gasteiger partial charge in [0.05, 0.1) is 26.9 Å². The molecule has 7 nitrogen and oxygen atoms in total. The highest BCUT2D eigenvalue weighted by Gasteiger charge is 2.19. The largest absolute Gasteiger partial charge is 0.497 e. The molecule has 1 amide bonds. The molecule has 0 aliphatic carbocycles. The van der Waals surface area contributed by atoms with Gasteiger partial charge < -0.3 is 19.7 Å². The van der Waals surface area contributed by atoms with Gasteiger partial charge >= 0.3 is 0 Å². The van der Waals surface area contributed by atoms with Crippen LogP contribution in [0.4, 0.5) is 5.69 Å². The molecule has 0 saturated carbocycles. The fourth-order valence-corrected chi connectivity index (χ4v) is 3.39. The predicted molar refractivity (Wildman–Crippen MR) is 102 cm³/mol. The van der Waals surface area contributed by atoms with Crippen LogP contribution in [0.2, 0.25) is 0 Å². The van der Waals surface area contributed by atoms with Crippen molar-refractivity contribution in [3.05, 3.63) is 24.3 Å². The second-order valence-corrected chi connectivity index (χ2v) is 6.77. The maximum Gasteiger partial charge on any atom is 0.234 e. The van der Waals surface area contributed by atoms with Crippen molar-refractivity contribution in [1.82, 2.24) is 15.1 Å². The molecule has 2 saturated heterocycles. The lowest BCUT2D eigenvalue weighted by Crippen LogP contribution is -2.50. The number of piperazine rings is 1. The monoisotopic (exact) mass is 362 g/mol. The van der Waals surface area contributed by atoms with Gasteiger partial charge in [-0.05, 0) is 24.3 Å². The number of rotatable bonds is 7. The van der Waals surface area contributed by atoms with E-state index in [0.717, 1.165) is 64.8 Å². The average molecular weight is 362 g/mol. The molecular weight excluding hydrogens is 332 g/mol. The minimum absolute atomic E-state index is 0.121. The molecule has 7 heteroatoms. The Morgan fingerprint density at radius 3 is 2.38 bits per heavy atom. The van der Waals surface area contributed by atoms with Gasteiger partial charge in [0.1, 0.15) is 5.75 Å². The van der Waals surface area contributed by atoms with Crippen molar-refractivity contribution in [3.63, 3.8) is 0 Å².